The zero-order valence-electron chi connectivity index (χ0n) is 10.9. The number of carbonyl (C=O) groups excluding carboxylic acids is 1. The molecule has 1 aromatic rings. The lowest BCUT2D eigenvalue weighted by Crippen LogP contribution is -2.15. The van der Waals surface area contributed by atoms with Crippen molar-refractivity contribution in [2.75, 3.05) is 11.9 Å². The fraction of sp³-hybridized carbons (Fsp3) is 0.692. The van der Waals surface area contributed by atoms with Crippen LogP contribution in [0.2, 0.25) is 0 Å². The zero-order valence-corrected chi connectivity index (χ0v) is 11.8. The van der Waals surface area contributed by atoms with Crippen LogP contribution in [0.5, 0.6) is 0 Å². The van der Waals surface area contributed by atoms with Crippen molar-refractivity contribution in [3.8, 4) is 0 Å². The lowest BCUT2D eigenvalue weighted by Gasteiger charge is -2.08. The SMILES string of the molecule is CC(C)c1csc(NC(=O)CC[C@@H]2CCCO2)n1. The van der Waals surface area contributed by atoms with Crippen LogP contribution < -0.4 is 5.32 Å². The zero-order chi connectivity index (χ0) is 13.0. The number of amides is 1. The molecule has 1 aliphatic heterocycles. The first-order chi connectivity index (χ1) is 8.65. The van der Waals surface area contributed by atoms with E-state index < -0.39 is 0 Å². The van der Waals surface area contributed by atoms with E-state index in [9.17, 15) is 4.79 Å². The third kappa shape index (κ3) is 3.78. The highest BCUT2D eigenvalue weighted by atomic mass is 32.1. The fourth-order valence-electron chi connectivity index (χ4n) is 1.95. The number of rotatable bonds is 5. The van der Waals surface area contributed by atoms with Crippen LogP contribution in [-0.2, 0) is 9.53 Å². The molecule has 5 heteroatoms. The Morgan fingerprint density at radius 3 is 3.11 bits per heavy atom. The van der Waals surface area contributed by atoms with Crippen molar-refractivity contribution in [1.82, 2.24) is 4.98 Å². The molecule has 0 aliphatic carbocycles. The average molecular weight is 268 g/mol. The van der Waals surface area contributed by atoms with Crippen LogP contribution in [-0.4, -0.2) is 23.6 Å². The maximum absolute atomic E-state index is 11.7. The van der Waals surface area contributed by atoms with Crippen LogP contribution in [0.4, 0.5) is 5.13 Å². The van der Waals surface area contributed by atoms with Crippen LogP contribution in [0.15, 0.2) is 5.38 Å². The molecule has 0 radical (unpaired) electrons. The van der Waals surface area contributed by atoms with Crippen LogP contribution in [0, 0.1) is 0 Å². The Balaban J connectivity index is 1.75. The largest absolute Gasteiger partial charge is 0.378 e. The van der Waals surface area contributed by atoms with Crippen molar-refractivity contribution < 1.29 is 9.53 Å². The number of ether oxygens (including phenoxy) is 1. The molecule has 1 aliphatic rings. The number of thiazole rings is 1. The molecule has 18 heavy (non-hydrogen) atoms. The predicted octanol–water partition coefficient (Wildman–Crippen LogP) is 3.16. The van der Waals surface area contributed by atoms with Gasteiger partial charge in [-0.3, -0.25) is 4.79 Å². The van der Waals surface area contributed by atoms with Crippen molar-refractivity contribution in [2.24, 2.45) is 0 Å². The number of hydrogen-bond acceptors (Lipinski definition) is 4. The molecule has 1 atom stereocenters. The van der Waals surface area contributed by atoms with Gasteiger partial charge in [0, 0.05) is 18.4 Å². The summed E-state index contributed by atoms with van der Waals surface area (Å²) >= 11 is 1.49. The van der Waals surface area contributed by atoms with Gasteiger partial charge in [-0.25, -0.2) is 4.98 Å². The maximum Gasteiger partial charge on any atom is 0.226 e. The normalized spacial score (nSPS) is 19.4. The van der Waals surface area contributed by atoms with E-state index in [0.29, 0.717) is 17.5 Å². The Morgan fingerprint density at radius 1 is 1.67 bits per heavy atom. The van der Waals surface area contributed by atoms with Crippen molar-refractivity contribution in [1.29, 1.82) is 0 Å². The van der Waals surface area contributed by atoms with Crippen molar-refractivity contribution >= 4 is 22.4 Å². The highest BCUT2D eigenvalue weighted by Gasteiger charge is 2.17. The molecule has 0 bridgehead atoms. The molecule has 1 amide bonds. The summed E-state index contributed by atoms with van der Waals surface area (Å²) in [5.41, 5.74) is 1.04. The molecule has 0 spiro atoms. The quantitative estimate of drug-likeness (QED) is 0.892. The van der Waals surface area contributed by atoms with Crippen LogP contribution >= 0.6 is 11.3 Å². The van der Waals surface area contributed by atoms with E-state index in [4.69, 9.17) is 4.74 Å². The van der Waals surface area contributed by atoms with Gasteiger partial charge in [-0.1, -0.05) is 13.8 Å². The topological polar surface area (TPSA) is 51.2 Å². The van der Waals surface area contributed by atoms with Gasteiger partial charge in [0.1, 0.15) is 0 Å². The summed E-state index contributed by atoms with van der Waals surface area (Å²) in [5.74, 6) is 0.439. The van der Waals surface area contributed by atoms with Gasteiger partial charge in [-0.2, -0.15) is 0 Å². The molecule has 0 unspecified atom stereocenters. The minimum atomic E-state index is 0.0372. The number of nitrogens with zero attached hydrogens (tertiary/aromatic N) is 1. The Labute approximate surface area is 112 Å². The second-order valence-electron chi connectivity index (χ2n) is 4.95. The molecule has 1 aromatic heterocycles. The highest BCUT2D eigenvalue weighted by molar-refractivity contribution is 7.13. The molecule has 1 N–H and O–H groups in total. The summed E-state index contributed by atoms with van der Waals surface area (Å²) in [4.78, 5) is 16.1. The number of anilines is 1. The van der Waals surface area contributed by atoms with Crippen molar-refractivity contribution in [3.05, 3.63) is 11.1 Å². The Morgan fingerprint density at radius 2 is 2.50 bits per heavy atom. The minimum Gasteiger partial charge on any atom is -0.378 e. The van der Waals surface area contributed by atoms with E-state index in [0.717, 1.165) is 31.6 Å². The molecule has 0 saturated carbocycles. The smallest absolute Gasteiger partial charge is 0.226 e. The van der Waals surface area contributed by atoms with Gasteiger partial charge >= 0.3 is 0 Å². The summed E-state index contributed by atoms with van der Waals surface area (Å²) in [6, 6.07) is 0. The average Bonchev–Trinajstić information content (AvgIpc) is 2.96. The number of carbonyl (C=O) groups is 1. The Kier molecular flexibility index (Phi) is 4.72. The van der Waals surface area contributed by atoms with Gasteiger partial charge in [-0.15, -0.1) is 11.3 Å². The molecule has 4 nitrogen and oxygen atoms in total. The fourth-order valence-corrected chi connectivity index (χ4v) is 2.84. The number of nitrogens with one attached hydrogen (secondary N) is 1. The third-order valence-electron chi connectivity index (χ3n) is 3.08. The van der Waals surface area contributed by atoms with Gasteiger partial charge in [-0.05, 0) is 25.2 Å². The Bertz CT molecular complexity index is 397. The molecule has 100 valence electrons. The monoisotopic (exact) mass is 268 g/mol. The summed E-state index contributed by atoms with van der Waals surface area (Å²) in [5, 5.41) is 5.56. The molecular formula is C13H20N2O2S. The summed E-state index contributed by atoms with van der Waals surface area (Å²) in [6.07, 6.45) is 3.81. The number of hydrogen-bond donors (Lipinski definition) is 1. The van der Waals surface area contributed by atoms with Gasteiger partial charge in [0.25, 0.3) is 0 Å². The molecule has 1 saturated heterocycles. The van der Waals surface area contributed by atoms with Crippen molar-refractivity contribution in [2.45, 2.75) is 51.6 Å². The van der Waals surface area contributed by atoms with E-state index in [1.165, 1.54) is 11.3 Å². The molecule has 1 fully saturated rings. The standard InChI is InChI=1S/C13H20N2O2S/c1-9(2)11-8-18-13(14-11)15-12(16)6-5-10-4-3-7-17-10/h8-10H,3-7H2,1-2H3,(H,14,15,16)/t10-/m0/s1. The van der Waals surface area contributed by atoms with E-state index >= 15 is 0 Å². The van der Waals surface area contributed by atoms with E-state index in [1.807, 2.05) is 5.38 Å². The van der Waals surface area contributed by atoms with Crippen LogP contribution in [0.1, 0.15) is 51.1 Å². The third-order valence-corrected chi connectivity index (χ3v) is 3.85. The first-order valence-electron chi connectivity index (χ1n) is 6.52. The van der Waals surface area contributed by atoms with E-state index in [-0.39, 0.29) is 12.0 Å². The van der Waals surface area contributed by atoms with E-state index in [2.05, 4.69) is 24.1 Å². The predicted molar refractivity (Wildman–Crippen MR) is 73.0 cm³/mol. The van der Waals surface area contributed by atoms with Gasteiger partial charge < -0.3 is 10.1 Å². The second kappa shape index (κ2) is 6.29. The van der Waals surface area contributed by atoms with Crippen LogP contribution in [0.25, 0.3) is 0 Å². The highest BCUT2D eigenvalue weighted by Crippen LogP contribution is 2.22. The minimum absolute atomic E-state index is 0.0372. The molecule has 2 rings (SSSR count). The Hall–Kier alpha value is -0.940. The van der Waals surface area contributed by atoms with Gasteiger partial charge in [0.15, 0.2) is 5.13 Å². The molecule has 2 heterocycles. The summed E-state index contributed by atoms with van der Waals surface area (Å²) in [6.45, 7) is 5.03. The summed E-state index contributed by atoms with van der Waals surface area (Å²) in [7, 11) is 0. The first kappa shape index (κ1) is 13.5. The lowest BCUT2D eigenvalue weighted by molar-refractivity contribution is -0.116. The summed E-state index contributed by atoms with van der Waals surface area (Å²) < 4.78 is 5.50. The maximum atomic E-state index is 11.7. The van der Waals surface area contributed by atoms with E-state index in [1.54, 1.807) is 0 Å². The van der Waals surface area contributed by atoms with Crippen LogP contribution in [0.3, 0.4) is 0 Å². The molecular weight excluding hydrogens is 248 g/mol. The lowest BCUT2D eigenvalue weighted by atomic mass is 10.1. The second-order valence-corrected chi connectivity index (χ2v) is 5.81. The number of aromatic nitrogens is 1. The van der Waals surface area contributed by atoms with Crippen molar-refractivity contribution in [3.63, 3.8) is 0 Å². The first-order valence-corrected chi connectivity index (χ1v) is 7.40. The van der Waals surface area contributed by atoms with Gasteiger partial charge in [0.05, 0.1) is 11.8 Å². The molecule has 0 aromatic carbocycles. The van der Waals surface area contributed by atoms with Gasteiger partial charge in [0.2, 0.25) is 5.91 Å².